The Hall–Kier alpha value is -0.220. The number of hydrogen-bond donors (Lipinski definition) is 5. The fraction of sp³-hybridized carbons (Fsp3) is 0.667. The smallest absolute Gasteiger partial charge is 0.547 e. The van der Waals surface area contributed by atoms with Gasteiger partial charge in [-0.2, -0.15) is 0 Å². The molecule has 0 fully saturated rings. The average Bonchev–Trinajstić information content (AvgIpc) is 2.12. The Morgan fingerprint density at radius 2 is 1.27 bits per heavy atom. The van der Waals surface area contributed by atoms with Crippen molar-refractivity contribution >= 4 is 11.9 Å². The zero-order valence-corrected chi connectivity index (χ0v) is 9.77. The average molecular weight is 232 g/mol. The molecular formula is C6H9NaO8. The van der Waals surface area contributed by atoms with E-state index in [4.69, 9.17) is 25.5 Å². The van der Waals surface area contributed by atoms with Crippen molar-refractivity contribution in [3.8, 4) is 0 Å². The molecule has 0 aliphatic carbocycles. The Bertz CT molecular complexity index is 207. The second-order valence-corrected chi connectivity index (χ2v) is 2.53. The Balaban J connectivity index is 0. The molecule has 5 N–H and O–H groups in total. The van der Waals surface area contributed by atoms with Gasteiger partial charge in [0.25, 0.3) is 0 Å². The Morgan fingerprint density at radius 1 is 0.933 bits per heavy atom. The van der Waals surface area contributed by atoms with Crippen molar-refractivity contribution in [2.75, 3.05) is 0 Å². The van der Waals surface area contributed by atoms with Gasteiger partial charge in [-0.15, -0.1) is 0 Å². The molecule has 0 aliphatic rings. The minimum absolute atomic E-state index is 0. The van der Waals surface area contributed by atoms with Gasteiger partial charge in [0, 0.05) is 0 Å². The topological polar surface area (TPSA) is 158 Å². The number of aliphatic hydroxyl groups excluding tert-OH is 4. The zero-order valence-electron chi connectivity index (χ0n) is 7.77. The Kier molecular flexibility index (Phi) is 8.16. The number of aliphatic carboxylic acids is 2. The SMILES string of the molecule is O=C([O-])C(O)C(O)C(O)C(O)C(=O)O.[Na+]. The number of aliphatic hydroxyl groups is 4. The number of carboxylic acid groups (broad SMARTS) is 2. The summed E-state index contributed by atoms with van der Waals surface area (Å²) in [5.41, 5.74) is 0. The molecule has 0 aromatic heterocycles. The van der Waals surface area contributed by atoms with Gasteiger partial charge in [-0.1, -0.05) is 0 Å². The van der Waals surface area contributed by atoms with Gasteiger partial charge >= 0.3 is 35.5 Å². The largest absolute Gasteiger partial charge is 1.00 e. The summed E-state index contributed by atoms with van der Waals surface area (Å²) in [4.78, 5) is 20.0. The van der Waals surface area contributed by atoms with Crippen molar-refractivity contribution in [2.45, 2.75) is 24.4 Å². The van der Waals surface area contributed by atoms with E-state index in [1.54, 1.807) is 0 Å². The van der Waals surface area contributed by atoms with Gasteiger partial charge in [-0.05, 0) is 0 Å². The third kappa shape index (κ3) is 4.89. The van der Waals surface area contributed by atoms with E-state index < -0.39 is 36.4 Å². The van der Waals surface area contributed by atoms with Crippen LogP contribution in [0.1, 0.15) is 0 Å². The van der Waals surface area contributed by atoms with Crippen LogP contribution in [0.5, 0.6) is 0 Å². The van der Waals surface area contributed by atoms with Gasteiger partial charge in [0.1, 0.15) is 18.3 Å². The van der Waals surface area contributed by atoms with Crippen molar-refractivity contribution in [1.82, 2.24) is 0 Å². The summed E-state index contributed by atoms with van der Waals surface area (Å²) in [6.45, 7) is 0. The molecule has 0 aliphatic heterocycles. The van der Waals surface area contributed by atoms with Crippen LogP contribution in [0.15, 0.2) is 0 Å². The molecule has 0 aromatic rings. The van der Waals surface area contributed by atoms with E-state index in [0.29, 0.717) is 0 Å². The standard InChI is InChI=1S/C6H10O8.Na/c7-1(3(9)5(11)12)2(8)4(10)6(13)14;/h1-4,7-10H,(H,11,12)(H,13,14);/q;+1/p-1. The maximum absolute atomic E-state index is 10.1. The van der Waals surface area contributed by atoms with E-state index in [-0.39, 0.29) is 29.6 Å². The maximum Gasteiger partial charge on any atom is 1.00 e. The number of carbonyl (C=O) groups is 2. The van der Waals surface area contributed by atoms with Crippen LogP contribution in [-0.2, 0) is 9.59 Å². The second-order valence-electron chi connectivity index (χ2n) is 2.53. The predicted octanol–water partition coefficient (Wildman–Crippen LogP) is -7.73. The fourth-order valence-electron chi connectivity index (χ4n) is 0.659. The first kappa shape index (κ1) is 17.2. The zero-order chi connectivity index (χ0) is 11.5. The van der Waals surface area contributed by atoms with Crippen molar-refractivity contribution < 1.29 is 69.8 Å². The molecule has 15 heavy (non-hydrogen) atoms. The van der Waals surface area contributed by atoms with Crippen molar-refractivity contribution in [3.05, 3.63) is 0 Å². The monoisotopic (exact) mass is 232 g/mol. The third-order valence-electron chi connectivity index (χ3n) is 1.49. The van der Waals surface area contributed by atoms with Gasteiger partial charge in [0.05, 0.1) is 5.97 Å². The van der Waals surface area contributed by atoms with E-state index in [1.165, 1.54) is 0 Å². The minimum Gasteiger partial charge on any atom is -0.547 e. The molecule has 0 rings (SSSR count). The number of rotatable bonds is 5. The minimum atomic E-state index is -2.47. The molecule has 0 saturated heterocycles. The first-order valence-electron chi connectivity index (χ1n) is 3.45. The molecule has 0 heterocycles. The number of carboxylic acids is 2. The van der Waals surface area contributed by atoms with Crippen molar-refractivity contribution in [2.24, 2.45) is 0 Å². The molecule has 0 spiro atoms. The summed E-state index contributed by atoms with van der Waals surface area (Å²) in [5.74, 6) is -3.95. The molecule has 82 valence electrons. The number of carbonyl (C=O) groups excluding carboxylic acids is 1. The van der Waals surface area contributed by atoms with Crippen LogP contribution in [0.2, 0.25) is 0 Å². The molecule has 0 amide bonds. The van der Waals surface area contributed by atoms with E-state index in [1.807, 2.05) is 0 Å². The van der Waals surface area contributed by atoms with Gasteiger partial charge in [-0.25, -0.2) is 4.79 Å². The molecule has 0 bridgehead atoms. The third-order valence-corrected chi connectivity index (χ3v) is 1.49. The van der Waals surface area contributed by atoms with Crippen LogP contribution < -0.4 is 34.7 Å². The summed E-state index contributed by atoms with van der Waals surface area (Å²) in [6, 6.07) is 0. The maximum atomic E-state index is 10.1. The summed E-state index contributed by atoms with van der Waals surface area (Å²) in [5, 5.41) is 53.1. The normalized spacial score (nSPS) is 18.1. The van der Waals surface area contributed by atoms with Crippen LogP contribution >= 0.6 is 0 Å². The molecule has 8 nitrogen and oxygen atoms in total. The van der Waals surface area contributed by atoms with E-state index in [0.717, 1.165) is 0 Å². The van der Waals surface area contributed by atoms with Crippen LogP contribution in [0, 0.1) is 0 Å². The fourth-order valence-corrected chi connectivity index (χ4v) is 0.659. The summed E-state index contributed by atoms with van der Waals surface area (Å²) in [7, 11) is 0. The van der Waals surface area contributed by atoms with Gasteiger partial charge in [-0.3, -0.25) is 0 Å². The summed E-state index contributed by atoms with van der Waals surface area (Å²) in [6.07, 6.45) is -9.52. The first-order chi connectivity index (χ1) is 6.29. The van der Waals surface area contributed by atoms with E-state index in [2.05, 4.69) is 0 Å². The quantitative estimate of drug-likeness (QED) is 0.292. The molecule has 9 heteroatoms. The Morgan fingerprint density at radius 3 is 1.53 bits per heavy atom. The van der Waals surface area contributed by atoms with E-state index in [9.17, 15) is 14.7 Å². The number of hydrogen-bond acceptors (Lipinski definition) is 7. The molecule has 0 aromatic carbocycles. The predicted molar refractivity (Wildman–Crippen MR) is 36.7 cm³/mol. The van der Waals surface area contributed by atoms with Crippen LogP contribution in [0.25, 0.3) is 0 Å². The summed E-state index contributed by atoms with van der Waals surface area (Å²) < 4.78 is 0. The van der Waals surface area contributed by atoms with Gasteiger partial charge in [0.2, 0.25) is 0 Å². The molecule has 4 atom stereocenters. The van der Waals surface area contributed by atoms with Gasteiger partial charge < -0.3 is 35.4 Å². The molecule has 0 radical (unpaired) electrons. The first-order valence-corrected chi connectivity index (χ1v) is 3.45. The second kappa shape index (κ2) is 7.12. The van der Waals surface area contributed by atoms with Crippen molar-refractivity contribution in [1.29, 1.82) is 0 Å². The molecule has 4 unspecified atom stereocenters. The Labute approximate surface area is 106 Å². The van der Waals surface area contributed by atoms with Crippen molar-refractivity contribution in [3.63, 3.8) is 0 Å². The summed E-state index contributed by atoms with van der Waals surface area (Å²) >= 11 is 0. The van der Waals surface area contributed by atoms with Crippen LogP contribution in [0.3, 0.4) is 0 Å². The molecular weight excluding hydrogens is 223 g/mol. The van der Waals surface area contributed by atoms with Crippen LogP contribution in [-0.4, -0.2) is 61.9 Å². The van der Waals surface area contributed by atoms with E-state index >= 15 is 0 Å². The van der Waals surface area contributed by atoms with Crippen LogP contribution in [0.4, 0.5) is 0 Å². The van der Waals surface area contributed by atoms with Gasteiger partial charge in [0.15, 0.2) is 6.10 Å². The molecule has 0 saturated carbocycles.